The van der Waals surface area contributed by atoms with Crippen LogP contribution in [0.15, 0.2) is 16.9 Å². The van der Waals surface area contributed by atoms with E-state index in [9.17, 15) is 19.2 Å². The molecular formula is C17H25N5O5. The van der Waals surface area contributed by atoms with Crippen LogP contribution in [-0.2, 0) is 9.53 Å². The molecule has 10 nitrogen and oxygen atoms in total. The zero-order valence-electron chi connectivity index (χ0n) is 15.8. The van der Waals surface area contributed by atoms with Crippen LogP contribution in [-0.4, -0.2) is 76.2 Å². The van der Waals surface area contributed by atoms with E-state index < -0.39 is 11.7 Å². The number of carbonyl (C=O) groups excluding carboxylic acids is 3. The minimum atomic E-state index is -0.647. The summed E-state index contributed by atoms with van der Waals surface area (Å²) in [7, 11) is 0. The van der Waals surface area contributed by atoms with Crippen LogP contribution in [0.5, 0.6) is 0 Å². The molecule has 0 spiro atoms. The Kier molecular flexibility index (Phi) is 6.54. The second-order valence-corrected chi connectivity index (χ2v) is 7.19. The number of aromatic amines is 1. The third-order valence-corrected chi connectivity index (χ3v) is 3.82. The molecule has 0 radical (unpaired) electrons. The number of nitrogens with zero attached hydrogens (tertiary/aromatic N) is 3. The van der Waals surface area contributed by atoms with E-state index in [0.717, 1.165) is 0 Å². The molecule has 1 fully saturated rings. The topological polar surface area (TPSA) is 125 Å². The minimum Gasteiger partial charge on any atom is -0.444 e. The first kappa shape index (κ1) is 20.4. The molecule has 10 heteroatoms. The zero-order chi connectivity index (χ0) is 20.0. The highest BCUT2D eigenvalue weighted by Gasteiger charge is 2.24. The fourth-order valence-corrected chi connectivity index (χ4v) is 2.57. The first-order chi connectivity index (χ1) is 12.7. The smallest absolute Gasteiger partial charge is 0.408 e. The van der Waals surface area contributed by atoms with Crippen molar-refractivity contribution in [3.05, 3.63) is 28.2 Å². The van der Waals surface area contributed by atoms with Crippen molar-refractivity contribution in [2.45, 2.75) is 32.8 Å². The first-order valence-corrected chi connectivity index (χ1v) is 8.75. The van der Waals surface area contributed by atoms with Crippen LogP contribution >= 0.6 is 0 Å². The van der Waals surface area contributed by atoms with Crippen LogP contribution < -0.4 is 10.9 Å². The van der Waals surface area contributed by atoms with E-state index in [0.29, 0.717) is 32.6 Å². The minimum absolute atomic E-state index is 0.154. The van der Waals surface area contributed by atoms with Gasteiger partial charge in [0, 0.05) is 32.2 Å². The van der Waals surface area contributed by atoms with E-state index in [-0.39, 0.29) is 29.6 Å². The number of hydrogen-bond donors (Lipinski definition) is 2. The molecule has 1 aromatic heterocycles. The quantitative estimate of drug-likeness (QED) is 0.760. The van der Waals surface area contributed by atoms with Crippen molar-refractivity contribution in [1.29, 1.82) is 0 Å². The number of hydrogen-bond acceptors (Lipinski definition) is 6. The second kappa shape index (κ2) is 8.65. The highest BCUT2D eigenvalue weighted by Crippen LogP contribution is 2.08. The van der Waals surface area contributed by atoms with Crippen molar-refractivity contribution in [1.82, 2.24) is 25.3 Å². The summed E-state index contributed by atoms with van der Waals surface area (Å²) in [5.74, 6) is -0.537. The summed E-state index contributed by atoms with van der Waals surface area (Å²) in [5.41, 5.74) is -0.857. The Labute approximate surface area is 156 Å². The lowest BCUT2D eigenvalue weighted by Gasteiger charge is -2.23. The van der Waals surface area contributed by atoms with Crippen molar-refractivity contribution >= 4 is 17.9 Å². The maximum atomic E-state index is 12.5. The number of alkyl carbamates (subject to hydrolysis) is 1. The van der Waals surface area contributed by atoms with Crippen LogP contribution in [0.2, 0.25) is 0 Å². The summed E-state index contributed by atoms with van der Waals surface area (Å²) in [4.78, 5) is 50.7. The standard InChI is InChI=1S/C17H25N5O5/c1-17(2,3)27-16(26)18-11-14(24)21-7-4-8-22(10-9-21)15(25)12-5-6-13(23)20-19-12/h5-6H,4,7-11H2,1-3H3,(H,18,26)(H,20,23). The van der Waals surface area contributed by atoms with Crippen LogP contribution in [0.1, 0.15) is 37.7 Å². The van der Waals surface area contributed by atoms with E-state index in [1.54, 1.807) is 30.6 Å². The van der Waals surface area contributed by atoms with Crippen molar-refractivity contribution < 1.29 is 19.1 Å². The molecule has 2 rings (SSSR count). The molecule has 1 aliphatic rings. The Morgan fingerprint density at radius 3 is 2.44 bits per heavy atom. The molecular weight excluding hydrogens is 354 g/mol. The molecule has 2 heterocycles. The van der Waals surface area contributed by atoms with Crippen molar-refractivity contribution in [3.63, 3.8) is 0 Å². The molecule has 148 valence electrons. The molecule has 0 unspecified atom stereocenters. The molecule has 27 heavy (non-hydrogen) atoms. The van der Waals surface area contributed by atoms with Gasteiger partial charge in [0.25, 0.3) is 11.5 Å². The maximum Gasteiger partial charge on any atom is 0.408 e. The van der Waals surface area contributed by atoms with Gasteiger partial charge >= 0.3 is 6.09 Å². The van der Waals surface area contributed by atoms with Crippen LogP contribution in [0.4, 0.5) is 4.79 Å². The Bertz CT molecular complexity index is 734. The lowest BCUT2D eigenvalue weighted by atomic mass is 10.2. The highest BCUT2D eigenvalue weighted by molar-refractivity contribution is 5.92. The number of H-pyrrole nitrogens is 1. The number of nitrogens with one attached hydrogen (secondary N) is 2. The van der Waals surface area contributed by atoms with E-state index >= 15 is 0 Å². The van der Waals surface area contributed by atoms with E-state index in [1.165, 1.54) is 12.1 Å². The molecule has 0 bridgehead atoms. The normalized spacial score (nSPS) is 15.1. The average Bonchev–Trinajstić information content (AvgIpc) is 2.84. The van der Waals surface area contributed by atoms with Gasteiger partial charge in [-0.3, -0.25) is 14.4 Å². The van der Waals surface area contributed by atoms with Crippen LogP contribution in [0.25, 0.3) is 0 Å². The van der Waals surface area contributed by atoms with Gasteiger partial charge in [-0.2, -0.15) is 5.10 Å². The van der Waals surface area contributed by atoms with E-state index in [1.807, 2.05) is 0 Å². The lowest BCUT2D eigenvalue weighted by Crippen LogP contribution is -2.43. The number of rotatable bonds is 3. The first-order valence-electron chi connectivity index (χ1n) is 8.75. The van der Waals surface area contributed by atoms with Gasteiger partial charge in [0.15, 0.2) is 0 Å². The lowest BCUT2D eigenvalue weighted by molar-refractivity contribution is -0.130. The predicted octanol–water partition coefficient (Wildman–Crippen LogP) is -0.0309. The summed E-state index contributed by atoms with van der Waals surface area (Å²) in [6, 6.07) is 2.62. The summed E-state index contributed by atoms with van der Waals surface area (Å²) in [6.45, 7) is 6.72. The Balaban J connectivity index is 1.85. The van der Waals surface area contributed by atoms with Crippen molar-refractivity contribution in [2.75, 3.05) is 32.7 Å². The van der Waals surface area contributed by atoms with Crippen LogP contribution in [0, 0.1) is 0 Å². The monoisotopic (exact) mass is 379 g/mol. The van der Waals surface area contributed by atoms with Gasteiger partial charge in [-0.15, -0.1) is 0 Å². The van der Waals surface area contributed by atoms with Crippen molar-refractivity contribution in [2.24, 2.45) is 0 Å². The van der Waals surface area contributed by atoms with Gasteiger partial charge < -0.3 is 19.9 Å². The largest absolute Gasteiger partial charge is 0.444 e. The van der Waals surface area contributed by atoms with Crippen LogP contribution in [0.3, 0.4) is 0 Å². The molecule has 0 aliphatic carbocycles. The summed E-state index contributed by atoms with van der Waals surface area (Å²) in [5, 5.41) is 8.43. The SMILES string of the molecule is CC(C)(C)OC(=O)NCC(=O)N1CCCN(C(=O)c2ccc(=O)[nH]n2)CC1. The molecule has 1 saturated heterocycles. The Morgan fingerprint density at radius 1 is 1.15 bits per heavy atom. The van der Waals surface area contributed by atoms with Crippen molar-refractivity contribution in [3.8, 4) is 0 Å². The molecule has 3 amide bonds. The Morgan fingerprint density at radius 2 is 1.81 bits per heavy atom. The molecule has 2 N–H and O–H groups in total. The predicted molar refractivity (Wildman–Crippen MR) is 96.2 cm³/mol. The molecule has 1 aromatic rings. The van der Waals surface area contributed by atoms with Gasteiger partial charge in [-0.25, -0.2) is 9.89 Å². The molecule has 0 aromatic carbocycles. The molecule has 0 saturated carbocycles. The van der Waals surface area contributed by atoms with Gasteiger partial charge in [0.1, 0.15) is 17.8 Å². The fourth-order valence-electron chi connectivity index (χ4n) is 2.57. The summed E-state index contributed by atoms with van der Waals surface area (Å²) in [6.07, 6.45) is -0.0422. The highest BCUT2D eigenvalue weighted by atomic mass is 16.6. The number of carbonyl (C=O) groups is 3. The van der Waals surface area contributed by atoms with E-state index in [4.69, 9.17) is 4.74 Å². The molecule has 0 atom stereocenters. The Hall–Kier alpha value is -2.91. The van der Waals surface area contributed by atoms with E-state index in [2.05, 4.69) is 15.5 Å². The average molecular weight is 379 g/mol. The molecule has 1 aliphatic heterocycles. The summed E-state index contributed by atoms with van der Waals surface area (Å²) >= 11 is 0. The third kappa shape index (κ3) is 6.39. The summed E-state index contributed by atoms with van der Waals surface area (Å²) < 4.78 is 5.10. The fraction of sp³-hybridized carbons (Fsp3) is 0.588. The second-order valence-electron chi connectivity index (χ2n) is 7.19. The van der Waals surface area contributed by atoms with Gasteiger partial charge in [0.2, 0.25) is 5.91 Å². The number of ether oxygens (including phenoxy) is 1. The van der Waals surface area contributed by atoms with Gasteiger partial charge in [0.05, 0.1) is 0 Å². The number of amides is 3. The third-order valence-electron chi connectivity index (χ3n) is 3.82. The maximum absolute atomic E-state index is 12.5. The van der Waals surface area contributed by atoms with Gasteiger partial charge in [-0.1, -0.05) is 0 Å². The number of aromatic nitrogens is 2. The van der Waals surface area contributed by atoms with Gasteiger partial charge in [-0.05, 0) is 33.3 Å². The zero-order valence-corrected chi connectivity index (χ0v) is 15.8.